The number of rotatable bonds is 7. The Kier molecular flexibility index (Phi) is 6.04. The molecular weight excluding hydrogens is 376 g/mol. The van der Waals surface area contributed by atoms with Crippen molar-refractivity contribution in [3.8, 4) is 23.4 Å². The minimum Gasteiger partial charge on any atom is -0.479 e. The van der Waals surface area contributed by atoms with Gasteiger partial charge in [-0.3, -0.25) is 0 Å². The van der Waals surface area contributed by atoms with Crippen LogP contribution in [0.15, 0.2) is 47.1 Å². The molecule has 0 N–H and O–H groups in total. The molecule has 0 saturated heterocycles. The Bertz CT molecular complexity index is 1010. The monoisotopic (exact) mass is 394 g/mol. The summed E-state index contributed by atoms with van der Waals surface area (Å²) in [5, 5.41) is 12.4. The molecule has 2 heterocycles. The molecule has 3 aromatic rings. The zero-order valence-corrected chi connectivity index (χ0v) is 16.0. The summed E-state index contributed by atoms with van der Waals surface area (Å²) in [6.45, 7) is 4.90. The van der Waals surface area contributed by atoms with Gasteiger partial charge in [-0.1, -0.05) is 5.16 Å². The average Bonchev–Trinajstić information content (AvgIpc) is 3.16. The minimum atomic E-state index is -0.839. The predicted octanol–water partition coefficient (Wildman–Crippen LogP) is 3.51. The number of benzene rings is 1. The van der Waals surface area contributed by atoms with Crippen molar-refractivity contribution in [1.29, 1.82) is 5.26 Å². The van der Waals surface area contributed by atoms with Gasteiger partial charge in [-0.25, -0.2) is 9.78 Å². The van der Waals surface area contributed by atoms with Gasteiger partial charge in [-0.2, -0.15) is 10.2 Å². The van der Waals surface area contributed by atoms with E-state index in [2.05, 4.69) is 15.1 Å². The number of hydrogen-bond acceptors (Lipinski definition) is 9. The van der Waals surface area contributed by atoms with Crippen LogP contribution < -0.4 is 9.47 Å². The maximum atomic E-state index is 12.2. The summed E-state index contributed by atoms with van der Waals surface area (Å²) < 4.78 is 21.5. The largest absolute Gasteiger partial charge is 0.479 e. The van der Waals surface area contributed by atoms with Crippen LogP contribution in [0.5, 0.6) is 17.4 Å². The summed E-state index contributed by atoms with van der Waals surface area (Å²) in [4.78, 5) is 20.3. The Morgan fingerprint density at radius 1 is 1.14 bits per heavy atom. The van der Waals surface area contributed by atoms with Crippen LogP contribution in [0.1, 0.15) is 37.2 Å². The standard InChI is InChI=1S/C20H18N4O5/c1-12(19-23-14(3)24-29-19)27-20(25)13(2)26-16-5-7-17(8-6-16)28-18-9-4-15(10-21)11-22-18/h4-9,11-13H,1-3H3. The molecule has 0 aliphatic carbocycles. The summed E-state index contributed by atoms with van der Waals surface area (Å²) in [5.41, 5.74) is 0.450. The quantitative estimate of drug-likeness (QED) is 0.554. The fraction of sp³-hybridized carbons (Fsp3) is 0.250. The second-order valence-electron chi connectivity index (χ2n) is 6.09. The normalized spacial score (nSPS) is 12.5. The van der Waals surface area contributed by atoms with Crippen molar-refractivity contribution < 1.29 is 23.5 Å². The summed E-state index contributed by atoms with van der Waals surface area (Å²) in [5.74, 6) is 1.49. The third-order valence-electron chi connectivity index (χ3n) is 3.74. The highest BCUT2D eigenvalue weighted by atomic mass is 16.6. The number of ether oxygens (including phenoxy) is 3. The van der Waals surface area contributed by atoms with Gasteiger partial charge in [0.15, 0.2) is 18.0 Å². The Morgan fingerprint density at radius 3 is 2.45 bits per heavy atom. The maximum Gasteiger partial charge on any atom is 0.347 e. The zero-order chi connectivity index (χ0) is 20.8. The second kappa shape index (κ2) is 8.84. The first-order chi connectivity index (χ1) is 13.9. The number of pyridine rings is 1. The average molecular weight is 394 g/mol. The lowest BCUT2D eigenvalue weighted by atomic mass is 10.3. The summed E-state index contributed by atoms with van der Waals surface area (Å²) in [6, 6.07) is 11.9. The molecule has 0 amide bonds. The van der Waals surface area contributed by atoms with Crippen molar-refractivity contribution in [3.05, 3.63) is 59.9 Å². The zero-order valence-electron chi connectivity index (χ0n) is 16.0. The maximum absolute atomic E-state index is 12.2. The first kappa shape index (κ1) is 19.8. The molecule has 0 aliphatic heterocycles. The molecule has 2 atom stereocenters. The fourth-order valence-electron chi connectivity index (χ4n) is 2.26. The Morgan fingerprint density at radius 2 is 1.86 bits per heavy atom. The van der Waals surface area contributed by atoms with Gasteiger partial charge in [-0.15, -0.1) is 0 Å². The molecule has 2 aromatic heterocycles. The van der Waals surface area contributed by atoms with E-state index in [9.17, 15) is 4.79 Å². The molecule has 148 valence electrons. The van der Waals surface area contributed by atoms with E-state index in [1.54, 1.807) is 57.2 Å². The predicted molar refractivity (Wildman–Crippen MR) is 99.1 cm³/mol. The molecular formula is C20H18N4O5. The number of hydrogen-bond donors (Lipinski definition) is 0. The van der Waals surface area contributed by atoms with Gasteiger partial charge in [0.1, 0.15) is 17.6 Å². The molecule has 0 fully saturated rings. The SMILES string of the molecule is Cc1noc(C(C)OC(=O)C(C)Oc2ccc(Oc3ccc(C#N)cn3)cc2)n1. The second-order valence-corrected chi connectivity index (χ2v) is 6.09. The number of nitrogens with zero attached hydrogens (tertiary/aromatic N) is 4. The molecule has 0 bridgehead atoms. The van der Waals surface area contributed by atoms with Crippen molar-refractivity contribution >= 4 is 5.97 Å². The van der Waals surface area contributed by atoms with Gasteiger partial charge >= 0.3 is 5.97 Å². The van der Waals surface area contributed by atoms with E-state index in [1.807, 2.05) is 6.07 Å². The van der Waals surface area contributed by atoms with E-state index in [0.717, 1.165) is 0 Å². The highest BCUT2D eigenvalue weighted by molar-refractivity contribution is 5.74. The van der Waals surface area contributed by atoms with Gasteiger partial charge in [0.2, 0.25) is 5.88 Å². The van der Waals surface area contributed by atoms with Crippen molar-refractivity contribution in [1.82, 2.24) is 15.1 Å². The van der Waals surface area contributed by atoms with E-state index in [-0.39, 0.29) is 5.89 Å². The van der Waals surface area contributed by atoms with Crippen LogP contribution in [0.4, 0.5) is 0 Å². The van der Waals surface area contributed by atoms with E-state index < -0.39 is 18.2 Å². The molecule has 1 aromatic carbocycles. The Hall–Kier alpha value is -3.93. The van der Waals surface area contributed by atoms with E-state index >= 15 is 0 Å². The molecule has 3 rings (SSSR count). The number of aryl methyl sites for hydroxylation is 1. The third kappa shape index (κ3) is 5.29. The van der Waals surface area contributed by atoms with Gasteiger partial charge in [-0.05, 0) is 51.1 Å². The minimum absolute atomic E-state index is 0.223. The topological polar surface area (TPSA) is 120 Å². The molecule has 29 heavy (non-hydrogen) atoms. The highest BCUT2D eigenvalue weighted by Crippen LogP contribution is 2.24. The van der Waals surface area contributed by atoms with Crippen LogP contribution in [0.3, 0.4) is 0 Å². The summed E-state index contributed by atoms with van der Waals surface area (Å²) >= 11 is 0. The molecule has 0 radical (unpaired) electrons. The number of aromatic nitrogens is 3. The van der Waals surface area contributed by atoms with E-state index in [1.165, 1.54) is 6.20 Å². The first-order valence-corrected chi connectivity index (χ1v) is 8.76. The highest BCUT2D eigenvalue weighted by Gasteiger charge is 2.23. The summed E-state index contributed by atoms with van der Waals surface area (Å²) in [7, 11) is 0. The van der Waals surface area contributed by atoms with Crippen molar-refractivity contribution in [3.63, 3.8) is 0 Å². The van der Waals surface area contributed by atoms with Crippen LogP contribution in [0.2, 0.25) is 0 Å². The van der Waals surface area contributed by atoms with Crippen molar-refractivity contribution in [2.75, 3.05) is 0 Å². The molecule has 0 aliphatic rings. The van der Waals surface area contributed by atoms with Gasteiger partial charge in [0.05, 0.1) is 5.56 Å². The number of carbonyl (C=O) groups is 1. The van der Waals surface area contributed by atoms with Gasteiger partial charge in [0, 0.05) is 12.3 Å². The van der Waals surface area contributed by atoms with Crippen molar-refractivity contribution in [2.24, 2.45) is 0 Å². The number of nitriles is 1. The Balaban J connectivity index is 1.54. The Labute approximate surface area is 166 Å². The van der Waals surface area contributed by atoms with E-state index in [4.69, 9.17) is 24.0 Å². The van der Waals surface area contributed by atoms with Crippen molar-refractivity contribution in [2.45, 2.75) is 33.0 Å². The van der Waals surface area contributed by atoms with Crippen LogP contribution in [0, 0.1) is 18.3 Å². The number of carbonyl (C=O) groups excluding carboxylic acids is 1. The third-order valence-corrected chi connectivity index (χ3v) is 3.74. The molecule has 2 unspecified atom stereocenters. The van der Waals surface area contributed by atoms with Crippen LogP contribution in [-0.2, 0) is 9.53 Å². The lowest BCUT2D eigenvalue weighted by molar-refractivity contribution is -0.157. The molecule has 9 heteroatoms. The first-order valence-electron chi connectivity index (χ1n) is 8.76. The smallest absolute Gasteiger partial charge is 0.347 e. The number of esters is 1. The van der Waals surface area contributed by atoms with E-state index in [0.29, 0.717) is 28.8 Å². The van der Waals surface area contributed by atoms with Crippen LogP contribution in [0.25, 0.3) is 0 Å². The van der Waals surface area contributed by atoms with Crippen LogP contribution >= 0.6 is 0 Å². The fourth-order valence-corrected chi connectivity index (χ4v) is 2.26. The van der Waals surface area contributed by atoms with Gasteiger partial charge in [0.25, 0.3) is 5.89 Å². The molecule has 0 spiro atoms. The lowest BCUT2D eigenvalue weighted by Crippen LogP contribution is -2.27. The molecule has 9 nitrogen and oxygen atoms in total. The van der Waals surface area contributed by atoms with Gasteiger partial charge < -0.3 is 18.7 Å². The lowest BCUT2D eigenvalue weighted by Gasteiger charge is -2.16. The summed E-state index contributed by atoms with van der Waals surface area (Å²) in [6.07, 6.45) is -0.0876. The molecule has 0 saturated carbocycles. The van der Waals surface area contributed by atoms with Crippen LogP contribution in [-0.4, -0.2) is 27.2 Å².